The molecular weight excluding hydrogens is 292 g/mol. The van der Waals surface area contributed by atoms with Gasteiger partial charge in [0.05, 0.1) is 0 Å². The van der Waals surface area contributed by atoms with Crippen LogP contribution in [-0.4, -0.2) is 16.4 Å². The second-order valence-electron chi connectivity index (χ2n) is 6.03. The van der Waals surface area contributed by atoms with Crippen molar-refractivity contribution < 1.29 is 19.7 Å². The molecule has 1 aromatic rings. The van der Waals surface area contributed by atoms with Gasteiger partial charge in [0.15, 0.2) is 11.5 Å². The molecular formula is C19H30O4. The van der Waals surface area contributed by atoms with E-state index in [4.69, 9.17) is 9.84 Å². The van der Waals surface area contributed by atoms with E-state index in [9.17, 15) is 9.90 Å². The van der Waals surface area contributed by atoms with Crippen LogP contribution in [0, 0.1) is 0 Å². The van der Waals surface area contributed by atoms with Gasteiger partial charge in [-0.2, -0.15) is 0 Å². The zero-order valence-corrected chi connectivity index (χ0v) is 14.7. The van der Waals surface area contributed by atoms with Crippen molar-refractivity contribution in [2.75, 3.05) is 0 Å². The van der Waals surface area contributed by atoms with Crippen LogP contribution in [0.4, 0.5) is 4.79 Å². The minimum absolute atomic E-state index is 0.0225. The molecule has 1 aromatic carbocycles. The molecule has 0 spiro atoms. The zero-order valence-electron chi connectivity index (χ0n) is 14.7. The summed E-state index contributed by atoms with van der Waals surface area (Å²) in [5, 5.41) is 19.6. The molecule has 0 heterocycles. The third kappa shape index (κ3) is 5.77. The Morgan fingerprint density at radius 3 is 2.17 bits per heavy atom. The van der Waals surface area contributed by atoms with Gasteiger partial charge in [-0.3, -0.25) is 0 Å². The van der Waals surface area contributed by atoms with E-state index in [1.165, 1.54) is 0 Å². The smallest absolute Gasteiger partial charge is 0.504 e. The fourth-order valence-electron chi connectivity index (χ4n) is 2.88. The molecule has 1 rings (SSSR count). The Bertz CT molecular complexity index is 509. The lowest BCUT2D eigenvalue weighted by molar-refractivity contribution is 0.142. The number of unbranched alkanes of at least 4 members (excludes halogenated alkanes) is 3. The van der Waals surface area contributed by atoms with Gasteiger partial charge < -0.3 is 14.9 Å². The average Bonchev–Trinajstić information content (AvgIpc) is 2.51. The van der Waals surface area contributed by atoms with E-state index in [2.05, 4.69) is 20.8 Å². The summed E-state index contributed by atoms with van der Waals surface area (Å²) in [6.45, 7) is 6.31. The summed E-state index contributed by atoms with van der Waals surface area (Å²) < 4.78 is 4.91. The largest absolute Gasteiger partial charge is 0.511 e. The molecule has 0 radical (unpaired) electrons. The van der Waals surface area contributed by atoms with Crippen molar-refractivity contribution in [2.24, 2.45) is 0 Å². The highest BCUT2D eigenvalue weighted by molar-refractivity contribution is 5.66. The number of carboxylic acid groups (broad SMARTS) is 1. The predicted molar refractivity (Wildman–Crippen MR) is 92.6 cm³/mol. The minimum atomic E-state index is -1.38. The Labute approximate surface area is 139 Å². The molecule has 0 atom stereocenters. The van der Waals surface area contributed by atoms with Gasteiger partial charge in [0.1, 0.15) is 0 Å². The first-order valence-electron chi connectivity index (χ1n) is 8.82. The van der Waals surface area contributed by atoms with E-state index in [1.807, 2.05) is 6.07 Å². The molecule has 0 amide bonds. The fraction of sp³-hybridized carbons (Fsp3) is 0.632. The van der Waals surface area contributed by atoms with Crippen LogP contribution in [0.15, 0.2) is 6.07 Å². The number of rotatable bonds is 10. The highest BCUT2D eigenvalue weighted by Gasteiger charge is 2.20. The molecule has 4 heteroatoms. The number of hydrogen-bond acceptors (Lipinski definition) is 3. The molecule has 23 heavy (non-hydrogen) atoms. The molecule has 0 saturated heterocycles. The summed E-state index contributed by atoms with van der Waals surface area (Å²) in [6, 6.07) is 2.05. The maximum Gasteiger partial charge on any atom is 0.511 e. The molecule has 4 nitrogen and oxygen atoms in total. The predicted octanol–water partition coefficient (Wildman–Crippen LogP) is 5.48. The van der Waals surface area contributed by atoms with Crippen molar-refractivity contribution in [3.8, 4) is 11.5 Å². The maximum absolute atomic E-state index is 11.0. The number of phenolic OH excluding ortho intramolecular Hbond substituents is 1. The highest BCUT2D eigenvalue weighted by Crippen LogP contribution is 2.39. The van der Waals surface area contributed by atoms with Crippen LogP contribution in [0.25, 0.3) is 0 Å². The molecule has 0 aromatic heterocycles. The van der Waals surface area contributed by atoms with Crippen LogP contribution in [0.1, 0.15) is 76.0 Å². The number of hydrogen-bond donors (Lipinski definition) is 2. The Morgan fingerprint density at radius 2 is 1.61 bits per heavy atom. The summed E-state index contributed by atoms with van der Waals surface area (Å²) in [4.78, 5) is 11.0. The molecule has 0 bridgehead atoms. The SMILES string of the molecule is CCCCCc1cc(CCCC)c(OC(=O)O)c(O)c1CCC. The molecule has 2 N–H and O–H groups in total. The first-order chi connectivity index (χ1) is 11.0. The maximum atomic E-state index is 11.0. The number of phenols is 1. The number of ether oxygens (including phenoxy) is 1. The standard InChI is InChI=1S/C19H30O4/c1-4-7-9-12-14-13-15(11-8-5-2)18(23-19(21)22)17(20)16(14)10-6-3/h13,20H,4-12H2,1-3H3,(H,21,22). The van der Waals surface area contributed by atoms with Gasteiger partial charge >= 0.3 is 6.16 Å². The fourth-order valence-corrected chi connectivity index (χ4v) is 2.88. The van der Waals surface area contributed by atoms with Crippen LogP contribution in [0.3, 0.4) is 0 Å². The Morgan fingerprint density at radius 1 is 0.957 bits per heavy atom. The minimum Gasteiger partial charge on any atom is -0.504 e. The van der Waals surface area contributed by atoms with Crippen molar-refractivity contribution in [3.63, 3.8) is 0 Å². The van der Waals surface area contributed by atoms with Gasteiger partial charge in [-0.05, 0) is 43.2 Å². The van der Waals surface area contributed by atoms with Crippen molar-refractivity contribution in [1.29, 1.82) is 0 Å². The number of aryl methyl sites for hydroxylation is 2. The first-order valence-corrected chi connectivity index (χ1v) is 8.82. The highest BCUT2D eigenvalue weighted by atomic mass is 16.7. The van der Waals surface area contributed by atoms with Crippen molar-refractivity contribution in [2.45, 2.75) is 78.6 Å². The van der Waals surface area contributed by atoms with Gasteiger partial charge in [0.2, 0.25) is 0 Å². The summed E-state index contributed by atoms with van der Waals surface area (Å²) in [6.07, 6.45) is 7.24. The van der Waals surface area contributed by atoms with Crippen LogP contribution in [0.5, 0.6) is 11.5 Å². The monoisotopic (exact) mass is 322 g/mol. The van der Waals surface area contributed by atoms with E-state index in [0.717, 1.165) is 74.5 Å². The van der Waals surface area contributed by atoms with Gasteiger partial charge in [-0.1, -0.05) is 52.5 Å². The molecule has 0 aliphatic rings. The zero-order chi connectivity index (χ0) is 17.2. The third-order valence-electron chi connectivity index (χ3n) is 4.07. The lowest BCUT2D eigenvalue weighted by Crippen LogP contribution is -2.08. The molecule has 0 unspecified atom stereocenters. The number of benzene rings is 1. The van der Waals surface area contributed by atoms with Gasteiger partial charge in [-0.25, -0.2) is 4.79 Å². The van der Waals surface area contributed by atoms with E-state index in [0.29, 0.717) is 0 Å². The summed E-state index contributed by atoms with van der Waals surface area (Å²) in [5.74, 6) is 0.156. The molecule has 0 aliphatic heterocycles. The van der Waals surface area contributed by atoms with Crippen molar-refractivity contribution >= 4 is 6.16 Å². The Hall–Kier alpha value is -1.71. The summed E-state index contributed by atoms with van der Waals surface area (Å²) in [5.41, 5.74) is 2.79. The quantitative estimate of drug-likeness (QED) is 0.340. The molecule has 0 fully saturated rings. The second-order valence-corrected chi connectivity index (χ2v) is 6.03. The van der Waals surface area contributed by atoms with Crippen LogP contribution >= 0.6 is 0 Å². The van der Waals surface area contributed by atoms with Crippen LogP contribution in [-0.2, 0) is 19.3 Å². The summed E-state index contributed by atoms with van der Waals surface area (Å²) >= 11 is 0. The molecule has 0 aliphatic carbocycles. The normalized spacial score (nSPS) is 10.7. The van der Waals surface area contributed by atoms with Crippen LogP contribution < -0.4 is 4.74 Å². The molecule has 0 saturated carbocycles. The lowest BCUT2D eigenvalue weighted by Gasteiger charge is -2.18. The van der Waals surface area contributed by atoms with Gasteiger partial charge in [0, 0.05) is 5.56 Å². The van der Waals surface area contributed by atoms with E-state index in [-0.39, 0.29) is 11.5 Å². The van der Waals surface area contributed by atoms with E-state index < -0.39 is 6.16 Å². The average molecular weight is 322 g/mol. The first kappa shape index (κ1) is 19.3. The van der Waals surface area contributed by atoms with Crippen LogP contribution in [0.2, 0.25) is 0 Å². The Kier molecular flexibility index (Phi) is 8.52. The molecule has 130 valence electrons. The van der Waals surface area contributed by atoms with Crippen molar-refractivity contribution in [3.05, 3.63) is 22.8 Å². The lowest BCUT2D eigenvalue weighted by atomic mass is 9.92. The number of carbonyl (C=O) groups is 1. The van der Waals surface area contributed by atoms with E-state index in [1.54, 1.807) is 0 Å². The second kappa shape index (κ2) is 10.1. The summed E-state index contributed by atoms with van der Waals surface area (Å²) in [7, 11) is 0. The van der Waals surface area contributed by atoms with Gasteiger partial charge in [0.25, 0.3) is 0 Å². The van der Waals surface area contributed by atoms with Crippen molar-refractivity contribution in [1.82, 2.24) is 0 Å². The van der Waals surface area contributed by atoms with E-state index >= 15 is 0 Å². The van der Waals surface area contributed by atoms with Gasteiger partial charge in [-0.15, -0.1) is 0 Å². The number of aromatic hydroxyl groups is 1. The topological polar surface area (TPSA) is 66.8 Å². The Balaban J connectivity index is 3.26. The third-order valence-corrected chi connectivity index (χ3v) is 4.07.